The molecule has 1 amide bonds. The van der Waals surface area contributed by atoms with E-state index in [1.165, 1.54) is 18.6 Å². The van der Waals surface area contributed by atoms with Gasteiger partial charge in [-0.05, 0) is 24.5 Å². The van der Waals surface area contributed by atoms with Crippen molar-refractivity contribution in [2.24, 2.45) is 5.92 Å². The Morgan fingerprint density at radius 2 is 2.40 bits per heavy atom. The van der Waals surface area contributed by atoms with Crippen molar-refractivity contribution in [3.8, 4) is 0 Å². The summed E-state index contributed by atoms with van der Waals surface area (Å²) < 4.78 is 0. The summed E-state index contributed by atoms with van der Waals surface area (Å²) in [5, 5.41) is 3.19. The largest absolute Gasteiger partial charge is 0.355 e. The molecule has 2 nitrogen and oxygen atoms in total. The SMILES string of the molecule is O=C1NCCC2CCSC12. The number of nitrogens with one attached hydrogen (secondary N) is 1. The standard InChI is InChI=1S/C7H11NOS/c9-7-6-5(1-3-8-7)2-4-10-6/h5-6H,1-4H2,(H,8,9). The van der Waals surface area contributed by atoms with E-state index in [1.54, 1.807) is 0 Å². The first-order valence-electron chi connectivity index (χ1n) is 3.77. The number of carbonyl (C=O) groups is 1. The lowest BCUT2D eigenvalue weighted by Gasteiger charge is -2.23. The molecule has 2 saturated heterocycles. The number of fused-ring (bicyclic) bond motifs is 1. The topological polar surface area (TPSA) is 29.1 Å². The van der Waals surface area contributed by atoms with Crippen molar-refractivity contribution in [2.75, 3.05) is 12.3 Å². The van der Waals surface area contributed by atoms with E-state index in [0.29, 0.717) is 11.2 Å². The molecule has 2 atom stereocenters. The lowest BCUT2D eigenvalue weighted by Crippen LogP contribution is -2.41. The van der Waals surface area contributed by atoms with E-state index in [-0.39, 0.29) is 5.91 Å². The number of hydrogen-bond donors (Lipinski definition) is 1. The molecule has 0 bridgehead atoms. The van der Waals surface area contributed by atoms with Crippen LogP contribution >= 0.6 is 11.8 Å². The molecule has 1 N–H and O–H groups in total. The monoisotopic (exact) mass is 157 g/mol. The number of hydrogen-bond acceptors (Lipinski definition) is 2. The van der Waals surface area contributed by atoms with E-state index < -0.39 is 0 Å². The zero-order valence-electron chi connectivity index (χ0n) is 5.80. The zero-order chi connectivity index (χ0) is 6.97. The Kier molecular flexibility index (Phi) is 1.60. The van der Waals surface area contributed by atoms with Crippen LogP contribution in [-0.4, -0.2) is 23.5 Å². The van der Waals surface area contributed by atoms with Crippen molar-refractivity contribution in [2.45, 2.75) is 18.1 Å². The third-order valence-electron chi connectivity index (χ3n) is 2.29. The Hall–Kier alpha value is -0.180. The number of thioether (sulfide) groups is 1. The highest BCUT2D eigenvalue weighted by Gasteiger charge is 2.35. The summed E-state index contributed by atoms with van der Waals surface area (Å²) in [5.74, 6) is 2.15. The fourth-order valence-electron chi connectivity index (χ4n) is 1.70. The summed E-state index contributed by atoms with van der Waals surface area (Å²) in [6.45, 7) is 0.903. The molecule has 0 spiro atoms. The third kappa shape index (κ3) is 0.926. The van der Waals surface area contributed by atoms with Crippen molar-refractivity contribution in [1.82, 2.24) is 5.32 Å². The van der Waals surface area contributed by atoms with E-state index >= 15 is 0 Å². The molecule has 2 heterocycles. The van der Waals surface area contributed by atoms with E-state index in [1.807, 2.05) is 11.8 Å². The second-order valence-electron chi connectivity index (χ2n) is 2.92. The van der Waals surface area contributed by atoms with Crippen molar-refractivity contribution >= 4 is 17.7 Å². The fourth-order valence-corrected chi connectivity index (χ4v) is 3.17. The highest BCUT2D eigenvalue weighted by Crippen LogP contribution is 2.35. The van der Waals surface area contributed by atoms with Gasteiger partial charge < -0.3 is 5.32 Å². The quantitative estimate of drug-likeness (QED) is 0.558. The average molecular weight is 157 g/mol. The maximum absolute atomic E-state index is 11.1. The van der Waals surface area contributed by atoms with Crippen LogP contribution in [0.4, 0.5) is 0 Å². The van der Waals surface area contributed by atoms with E-state index in [2.05, 4.69) is 5.32 Å². The summed E-state index contributed by atoms with van der Waals surface area (Å²) in [5.41, 5.74) is 0. The smallest absolute Gasteiger partial charge is 0.233 e. The Morgan fingerprint density at radius 1 is 1.50 bits per heavy atom. The molecular weight excluding hydrogens is 146 g/mol. The molecule has 0 aromatic carbocycles. The minimum absolute atomic E-state index is 0.277. The van der Waals surface area contributed by atoms with E-state index in [4.69, 9.17) is 0 Å². The lowest BCUT2D eigenvalue weighted by molar-refractivity contribution is -0.122. The van der Waals surface area contributed by atoms with Gasteiger partial charge in [-0.25, -0.2) is 0 Å². The Labute approximate surface area is 64.8 Å². The maximum atomic E-state index is 11.1. The van der Waals surface area contributed by atoms with Gasteiger partial charge in [0, 0.05) is 6.54 Å². The minimum atomic E-state index is 0.277. The van der Waals surface area contributed by atoms with Gasteiger partial charge in [0.1, 0.15) is 0 Å². The van der Waals surface area contributed by atoms with Gasteiger partial charge in [0.05, 0.1) is 5.25 Å². The van der Waals surface area contributed by atoms with Crippen molar-refractivity contribution in [3.05, 3.63) is 0 Å². The molecule has 0 saturated carbocycles. The second-order valence-corrected chi connectivity index (χ2v) is 4.17. The molecule has 2 aliphatic heterocycles. The summed E-state index contributed by atoms with van der Waals surface area (Å²) in [6.07, 6.45) is 2.45. The molecule has 2 aliphatic rings. The molecule has 0 aromatic heterocycles. The van der Waals surface area contributed by atoms with Crippen LogP contribution in [0.5, 0.6) is 0 Å². The first-order chi connectivity index (χ1) is 4.88. The van der Waals surface area contributed by atoms with Crippen LogP contribution in [0.15, 0.2) is 0 Å². The summed E-state index contributed by atoms with van der Waals surface area (Å²) in [7, 11) is 0. The average Bonchev–Trinajstić information content (AvgIpc) is 2.36. The van der Waals surface area contributed by atoms with Crippen molar-refractivity contribution < 1.29 is 4.79 Å². The molecule has 56 valence electrons. The van der Waals surface area contributed by atoms with Gasteiger partial charge in [0.2, 0.25) is 5.91 Å². The Morgan fingerprint density at radius 3 is 3.20 bits per heavy atom. The highest BCUT2D eigenvalue weighted by molar-refractivity contribution is 8.00. The second kappa shape index (κ2) is 2.46. The fraction of sp³-hybridized carbons (Fsp3) is 0.857. The van der Waals surface area contributed by atoms with Gasteiger partial charge in [-0.3, -0.25) is 4.79 Å². The van der Waals surface area contributed by atoms with Gasteiger partial charge >= 0.3 is 0 Å². The van der Waals surface area contributed by atoms with Crippen LogP contribution in [0.2, 0.25) is 0 Å². The van der Waals surface area contributed by atoms with Crippen LogP contribution in [0.25, 0.3) is 0 Å². The van der Waals surface area contributed by atoms with Crippen LogP contribution in [0, 0.1) is 5.92 Å². The van der Waals surface area contributed by atoms with E-state index in [0.717, 1.165) is 6.54 Å². The molecule has 2 rings (SSSR count). The maximum Gasteiger partial charge on any atom is 0.233 e. The number of rotatable bonds is 0. The zero-order valence-corrected chi connectivity index (χ0v) is 6.62. The van der Waals surface area contributed by atoms with Crippen LogP contribution < -0.4 is 5.32 Å². The number of amides is 1. The van der Waals surface area contributed by atoms with Gasteiger partial charge in [-0.15, -0.1) is 11.8 Å². The molecule has 0 radical (unpaired) electrons. The normalized spacial score (nSPS) is 39.0. The van der Waals surface area contributed by atoms with Gasteiger partial charge in [0.15, 0.2) is 0 Å². The van der Waals surface area contributed by atoms with Crippen LogP contribution in [0.3, 0.4) is 0 Å². The predicted molar refractivity (Wildman–Crippen MR) is 42.0 cm³/mol. The van der Waals surface area contributed by atoms with Gasteiger partial charge in [-0.2, -0.15) is 0 Å². The molecule has 0 aromatic rings. The molecule has 10 heavy (non-hydrogen) atoms. The predicted octanol–water partition coefficient (Wildman–Crippen LogP) is 0.628. The third-order valence-corrected chi connectivity index (χ3v) is 3.72. The lowest BCUT2D eigenvalue weighted by atomic mass is 9.95. The summed E-state index contributed by atoms with van der Waals surface area (Å²) in [4.78, 5) is 11.1. The Balaban J connectivity index is 2.10. The van der Waals surface area contributed by atoms with E-state index in [9.17, 15) is 4.79 Å². The van der Waals surface area contributed by atoms with Gasteiger partial charge in [-0.1, -0.05) is 0 Å². The molecule has 3 heteroatoms. The molecular formula is C7H11NOS. The summed E-state index contributed by atoms with van der Waals surface area (Å²) >= 11 is 1.82. The minimum Gasteiger partial charge on any atom is -0.355 e. The first kappa shape index (κ1) is 6.53. The van der Waals surface area contributed by atoms with Crippen LogP contribution in [-0.2, 0) is 4.79 Å². The van der Waals surface area contributed by atoms with Crippen molar-refractivity contribution in [1.29, 1.82) is 0 Å². The summed E-state index contributed by atoms with van der Waals surface area (Å²) in [6, 6.07) is 0. The van der Waals surface area contributed by atoms with Crippen molar-refractivity contribution in [3.63, 3.8) is 0 Å². The Bertz CT molecular complexity index is 160. The first-order valence-corrected chi connectivity index (χ1v) is 4.82. The number of piperidine rings is 1. The molecule has 2 unspecified atom stereocenters. The number of carbonyl (C=O) groups excluding carboxylic acids is 1. The highest BCUT2D eigenvalue weighted by atomic mass is 32.2. The van der Waals surface area contributed by atoms with Gasteiger partial charge in [0.25, 0.3) is 0 Å². The molecule has 2 fully saturated rings. The van der Waals surface area contributed by atoms with Crippen LogP contribution in [0.1, 0.15) is 12.8 Å². The molecule has 0 aliphatic carbocycles.